The van der Waals surface area contributed by atoms with Crippen molar-refractivity contribution in [1.29, 1.82) is 0 Å². The van der Waals surface area contributed by atoms with E-state index in [1.165, 1.54) is 0 Å². The summed E-state index contributed by atoms with van der Waals surface area (Å²) in [5.41, 5.74) is -1.08. The summed E-state index contributed by atoms with van der Waals surface area (Å²) in [6, 6.07) is 0. The summed E-state index contributed by atoms with van der Waals surface area (Å²) in [7, 11) is -8.91. The van der Waals surface area contributed by atoms with E-state index in [2.05, 4.69) is 4.52 Å². The summed E-state index contributed by atoms with van der Waals surface area (Å²) >= 11 is 0. The van der Waals surface area contributed by atoms with E-state index in [9.17, 15) is 14.0 Å². The fourth-order valence-electron chi connectivity index (χ4n) is 1.64. The Hall–Kier alpha value is 0.180. The highest BCUT2D eigenvalue weighted by atomic mass is 31.2. The molecule has 0 rings (SSSR count). The van der Waals surface area contributed by atoms with Gasteiger partial charge in [-0.05, 0) is 19.3 Å². The molecule has 0 aliphatic carbocycles. The molecule has 4 N–H and O–H groups in total. The molecule has 1 atom stereocenters. The molecule has 128 valence electrons. The second kappa shape index (κ2) is 9.35. The zero-order valence-electron chi connectivity index (χ0n) is 12.2. The molecule has 0 fully saturated rings. The molecule has 0 aliphatic rings. The minimum atomic E-state index is -4.59. The van der Waals surface area contributed by atoms with Crippen LogP contribution in [-0.4, -0.2) is 45.2 Å². The second-order valence-electron chi connectivity index (χ2n) is 4.43. The summed E-state index contributed by atoms with van der Waals surface area (Å²) in [4.78, 5) is 26.9. The third kappa shape index (κ3) is 9.73. The first-order valence-corrected chi connectivity index (χ1v) is 9.61. The van der Waals surface area contributed by atoms with E-state index in [0.29, 0.717) is 12.8 Å². The van der Waals surface area contributed by atoms with Gasteiger partial charge in [0.1, 0.15) is 0 Å². The first-order chi connectivity index (χ1) is 9.60. The minimum absolute atomic E-state index is 0.0268. The van der Waals surface area contributed by atoms with Crippen LogP contribution in [0.4, 0.5) is 0 Å². The van der Waals surface area contributed by atoms with E-state index < -0.39 is 21.2 Å². The lowest BCUT2D eigenvalue weighted by Gasteiger charge is -2.32. The zero-order valence-corrected chi connectivity index (χ0v) is 14.0. The van der Waals surface area contributed by atoms with Gasteiger partial charge in [0.15, 0.2) is 0 Å². The summed E-state index contributed by atoms with van der Waals surface area (Å²) in [6.07, 6.45) is 0.892. The third-order valence-electron chi connectivity index (χ3n) is 2.97. The van der Waals surface area contributed by atoms with Gasteiger partial charge in [0.05, 0.1) is 18.8 Å². The maximum atomic E-state index is 11.8. The SMILES string of the molecule is CCC(CC)(CCOP(=O)(O)O)OP(=O)(O)OCCCO. The van der Waals surface area contributed by atoms with Crippen molar-refractivity contribution in [3.63, 3.8) is 0 Å². The van der Waals surface area contributed by atoms with Crippen LogP contribution >= 0.6 is 15.6 Å². The van der Waals surface area contributed by atoms with Crippen molar-refractivity contribution >= 4 is 15.6 Å². The van der Waals surface area contributed by atoms with Gasteiger partial charge < -0.3 is 19.8 Å². The van der Waals surface area contributed by atoms with Gasteiger partial charge in [-0.1, -0.05) is 13.8 Å². The van der Waals surface area contributed by atoms with Crippen molar-refractivity contribution in [1.82, 2.24) is 0 Å². The highest BCUT2D eigenvalue weighted by molar-refractivity contribution is 7.47. The smallest absolute Gasteiger partial charge is 0.396 e. The number of aliphatic hydroxyl groups is 1. The Bertz CT molecular complexity index is 377. The molecule has 0 aromatic carbocycles. The number of rotatable bonds is 12. The molecule has 11 heteroatoms. The molecule has 0 radical (unpaired) electrons. The van der Waals surface area contributed by atoms with Crippen LogP contribution in [0.5, 0.6) is 0 Å². The fourth-order valence-corrected chi connectivity index (χ4v) is 3.22. The molecule has 0 aliphatic heterocycles. The van der Waals surface area contributed by atoms with Crippen LogP contribution in [0.1, 0.15) is 39.5 Å². The Morgan fingerprint density at radius 2 is 1.57 bits per heavy atom. The van der Waals surface area contributed by atoms with E-state index in [-0.39, 0.29) is 32.7 Å². The van der Waals surface area contributed by atoms with Gasteiger partial charge in [0.25, 0.3) is 0 Å². The van der Waals surface area contributed by atoms with Gasteiger partial charge in [-0.2, -0.15) is 0 Å². The molecule has 9 nitrogen and oxygen atoms in total. The third-order valence-corrected chi connectivity index (χ3v) is 4.62. The molecule has 0 spiro atoms. The van der Waals surface area contributed by atoms with E-state index in [1.54, 1.807) is 13.8 Å². The predicted molar refractivity (Wildman–Crippen MR) is 74.5 cm³/mol. The van der Waals surface area contributed by atoms with E-state index in [0.717, 1.165) is 0 Å². The summed E-state index contributed by atoms with van der Waals surface area (Å²) in [5.74, 6) is 0. The van der Waals surface area contributed by atoms with Gasteiger partial charge in [-0.3, -0.25) is 13.6 Å². The minimum Gasteiger partial charge on any atom is -0.396 e. The summed E-state index contributed by atoms with van der Waals surface area (Å²) in [6.45, 7) is 2.81. The maximum absolute atomic E-state index is 11.8. The van der Waals surface area contributed by atoms with Crippen LogP contribution in [0.2, 0.25) is 0 Å². The molecular formula is C10H24O9P2. The maximum Gasteiger partial charge on any atom is 0.472 e. The van der Waals surface area contributed by atoms with Crippen LogP contribution in [0, 0.1) is 0 Å². The monoisotopic (exact) mass is 350 g/mol. The number of hydrogen-bond acceptors (Lipinski definition) is 6. The van der Waals surface area contributed by atoms with Crippen molar-refractivity contribution in [2.24, 2.45) is 0 Å². The number of hydrogen-bond donors (Lipinski definition) is 4. The van der Waals surface area contributed by atoms with Gasteiger partial charge in [0, 0.05) is 13.0 Å². The fraction of sp³-hybridized carbons (Fsp3) is 1.00. The van der Waals surface area contributed by atoms with E-state index >= 15 is 0 Å². The van der Waals surface area contributed by atoms with Crippen molar-refractivity contribution in [3.05, 3.63) is 0 Å². The number of phosphoric ester groups is 2. The Morgan fingerprint density at radius 1 is 1.00 bits per heavy atom. The van der Waals surface area contributed by atoms with Crippen LogP contribution in [0.15, 0.2) is 0 Å². The predicted octanol–water partition coefficient (Wildman–Crippen LogP) is 1.56. The number of aliphatic hydroxyl groups excluding tert-OH is 1. The molecule has 1 unspecified atom stereocenters. The first-order valence-electron chi connectivity index (χ1n) is 6.59. The standard InChI is InChI=1S/C10H24O9P2/c1-3-10(4-2,6-9-17-20(12,13)14)19-21(15,16)18-8-5-7-11/h11H,3-9H2,1-2H3,(H,15,16)(H2,12,13,14). The second-order valence-corrected chi connectivity index (χ2v) is 7.05. The molecule has 21 heavy (non-hydrogen) atoms. The van der Waals surface area contributed by atoms with Gasteiger partial charge in [0.2, 0.25) is 0 Å². The Balaban J connectivity index is 4.63. The first kappa shape index (κ1) is 21.2. The van der Waals surface area contributed by atoms with Crippen LogP contribution in [-0.2, 0) is 22.7 Å². The topological polar surface area (TPSA) is 143 Å². The molecule has 0 aromatic heterocycles. The quantitative estimate of drug-likeness (QED) is 0.304. The normalized spacial score (nSPS) is 15.9. The van der Waals surface area contributed by atoms with Gasteiger partial charge >= 0.3 is 15.6 Å². The van der Waals surface area contributed by atoms with Crippen molar-refractivity contribution in [2.45, 2.75) is 45.1 Å². The average Bonchev–Trinajstić information content (AvgIpc) is 2.36. The molecule has 0 heterocycles. The molecule has 0 saturated carbocycles. The number of phosphoric acid groups is 2. The molecule has 0 saturated heterocycles. The molecule has 0 aromatic rings. The van der Waals surface area contributed by atoms with Crippen molar-refractivity contribution in [3.8, 4) is 0 Å². The van der Waals surface area contributed by atoms with Crippen molar-refractivity contribution in [2.75, 3.05) is 19.8 Å². The lowest BCUT2D eigenvalue weighted by Crippen LogP contribution is -2.32. The Labute approximate surface area is 124 Å². The molecule has 0 amide bonds. The Morgan fingerprint density at radius 3 is 2.00 bits per heavy atom. The zero-order chi connectivity index (χ0) is 16.6. The Kier molecular flexibility index (Phi) is 9.43. The van der Waals surface area contributed by atoms with Crippen LogP contribution in [0.25, 0.3) is 0 Å². The average molecular weight is 350 g/mol. The molecular weight excluding hydrogens is 326 g/mol. The van der Waals surface area contributed by atoms with E-state index in [1.807, 2.05) is 0 Å². The van der Waals surface area contributed by atoms with E-state index in [4.69, 9.17) is 23.9 Å². The largest absolute Gasteiger partial charge is 0.472 e. The van der Waals surface area contributed by atoms with Crippen LogP contribution in [0.3, 0.4) is 0 Å². The lowest BCUT2D eigenvalue weighted by molar-refractivity contribution is -0.00289. The van der Waals surface area contributed by atoms with Gasteiger partial charge in [-0.15, -0.1) is 0 Å². The summed E-state index contributed by atoms with van der Waals surface area (Å²) < 4.78 is 36.7. The highest BCUT2D eigenvalue weighted by Gasteiger charge is 2.37. The van der Waals surface area contributed by atoms with Gasteiger partial charge in [-0.25, -0.2) is 9.13 Å². The van der Waals surface area contributed by atoms with Crippen molar-refractivity contribution < 1.29 is 42.5 Å². The molecule has 0 bridgehead atoms. The lowest BCUT2D eigenvalue weighted by atomic mass is 9.94. The summed E-state index contributed by atoms with van der Waals surface area (Å²) in [5, 5.41) is 8.60. The highest BCUT2D eigenvalue weighted by Crippen LogP contribution is 2.50. The van der Waals surface area contributed by atoms with Crippen LogP contribution < -0.4 is 0 Å².